The minimum atomic E-state index is 0.753. The Kier molecular flexibility index (Phi) is 5.03. The second-order valence-corrected chi connectivity index (χ2v) is 9.25. The van der Waals surface area contributed by atoms with Gasteiger partial charge in [0.05, 0.1) is 33.4 Å². The monoisotopic (exact) mass is 454 g/mol. The molecule has 2 aromatic carbocycles. The van der Waals surface area contributed by atoms with Crippen molar-refractivity contribution >= 4 is 33.4 Å². The lowest BCUT2D eigenvalue weighted by Gasteiger charge is -2.34. The molecule has 0 saturated carbocycles. The summed E-state index contributed by atoms with van der Waals surface area (Å²) in [5, 5.41) is 0. The highest BCUT2D eigenvalue weighted by Gasteiger charge is 2.16. The van der Waals surface area contributed by atoms with Gasteiger partial charge in [-0.05, 0) is 55.9 Å². The van der Waals surface area contributed by atoms with Crippen LogP contribution in [0.25, 0.3) is 45.0 Å². The molecular formula is C26H30N8. The van der Waals surface area contributed by atoms with E-state index < -0.39 is 0 Å². The Labute approximate surface area is 198 Å². The highest BCUT2D eigenvalue weighted by molar-refractivity contribution is 5.87. The van der Waals surface area contributed by atoms with Gasteiger partial charge in [0.1, 0.15) is 5.82 Å². The molecule has 0 unspecified atom stereocenters. The molecule has 34 heavy (non-hydrogen) atoms. The molecule has 174 valence electrons. The van der Waals surface area contributed by atoms with Crippen LogP contribution in [-0.2, 0) is 6.54 Å². The zero-order valence-corrected chi connectivity index (χ0v) is 19.7. The average Bonchev–Trinajstić information content (AvgIpc) is 3.54. The van der Waals surface area contributed by atoms with Crippen LogP contribution in [-0.4, -0.2) is 62.6 Å². The van der Waals surface area contributed by atoms with Crippen molar-refractivity contribution < 1.29 is 0 Å². The molecule has 0 bridgehead atoms. The number of nitrogens with two attached hydrogens (primary N) is 1. The summed E-state index contributed by atoms with van der Waals surface area (Å²) >= 11 is 0. The molecule has 6 rings (SSSR count). The fourth-order valence-electron chi connectivity index (χ4n) is 4.83. The lowest BCUT2D eigenvalue weighted by atomic mass is 10.2. The first-order valence-electron chi connectivity index (χ1n) is 12.0. The van der Waals surface area contributed by atoms with Gasteiger partial charge < -0.3 is 30.1 Å². The number of imidazole rings is 2. The Morgan fingerprint density at radius 2 is 1.59 bits per heavy atom. The number of nitrogens with zero attached hydrogens (tertiary/aromatic N) is 5. The van der Waals surface area contributed by atoms with Crippen molar-refractivity contribution in [1.29, 1.82) is 0 Å². The number of likely N-dealkylation sites (N-methyl/N-ethyl adjacent to an activating group) is 1. The van der Waals surface area contributed by atoms with E-state index in [9.17, 15) is 0 Å². The van der Waals surface area contributed by atoms with Crippen LogP contribution in [0.4, 0.5) is 11.4 Å². The highest BCUT2D eigenvalue weighted by atomic mass is 15.2. The SMILES string of the molecule is CCCn1cc(N)cc1-c1nc2ccc(-c3nc4ccc(N5CCN(C)CC5)cc4[nH]3)cc2[nH]1. The highest BCUT2D eigenvalue weighted by Crippen LogP contribution is 2.29. The van der Waals surface area contributed by atoms with E-state index >= 15 is 0 Å². The fraction of sp³-hybridized carbons (Fsp3) is 0.308. The van der Waals surface area contributed by atoms with Crippen LogP contribution in [0.1, 0.15) is 13.3 Å². The summed E-state index contributed by atoms with van der Waals surface area (Å²) in [6.07, 6.45) is 3.01. The van der Waals surface area contributed by atoms with Gasteiger partial charge in [0.15, 0.2) is 5.82 Å². The maximum Gasteiger partial charge on any atom is 0.155 e. The van der Waals surface area contributed by atoms with Crippen LogP contribution in [0.5, 0.6) is 0 Å². The van der Waals surface area contributed by atoms with Crippen molar-refractivity contribution in [1.82, 2.24) is 29.4 Å². The number of anilines is 2. The maximum atomic E-state index is 6.06. The molecule has 0 atom stereocenters. The van der Waals surface area contributed by atoms with E-state index in [0.717, 1.165) is 89.8 Å². The second kappa shape index (κ2) is 8.22. The van der Waals surface area contributed by atoms with Gasteiger partial charge in [-0.1, -0.05) is 6.92 Å². The number of piperazine rings is 1. The summed E-state index contributed by atoms with van der Waals surface area (Å²) in [5.41, 5.74) is 14.1. The lowest BCUT2D eigenvalue weighted by Crippen LogP contribution is -2.44. The zero-order chi connectivity index (χ0) is 23.2. The van der Waals surface area contributed by atoms with Crippen molar-refractivity contribution in [3.63, 3.8) is 0 Å². The van der Waals surface area contributed by atoms with Crippen molar-refractivity contribution in [2.24, 2.45) is 0 Å². The summed E-state index contributed by atoms with van der Waals surface area (Å²) in [6, 6.07) is 14.7. The van der Waals surface area contributed by atoms with E-state index in [-0.39, 0.29) is 0 Å². The number of nitrogens with one attached hydrogen (secondary N) is 2. The minimum absolute atomic E-state index is 0.753. The van der Waals surface area contributed by atoms with Crippen LogP contribution >= 0.6 is 0 Å². The number of hydrogen-bond donors (Lipinski definition) is 3. The van der Waals surface area contributed by atoms with Crippen LogP contribution in [0.2, 0.25) is 0 Å². The van der Waals surface area contributed by atoms with Gasteiger partial charge in [0.2, 0.25) is 0 Å². The summed E-state index contributed by atoms with van der Waals surface area (Å²) in [5.74, 6) is 1.70. The number of aromatic amines is 2. The number of aryl methyl sites for hydroxylation is 1. The molecule has 4 N–H and O–H groups in total. The predicted octanol–water partition coefficient (Wildman–Crippen LogP) is 4.32. The third-order valence-electron chi connectivity index (χ3n) is 6.71. The summed E-state index contributed by atoms with van der Waals surface area (Å²) in [6.45, 7) is 7.35. The molecule has 1 fully saturated rings. The number of fused-ring (bicyclic) bond motifs is 2. The molecule has 5 aromatic rings. The van der Waals surface area contributed by atoms with Gasteiger partial charge in [-0.2, -0.15) is 0 Å². The molecule has 0 amide bonds. The molecule has 1 saturated heterocycles. The Bertz CT molecular complexity index is 1470. The van der Waals surface area contributed by atoms with Gasteiger partial charge in [-0.3, -0.25) is 0 Å². The summed E-state index contributed by atoms with van der Waals surface area (Å²) in [7, 11) is 2.18. The lowest BCUT2D eigenvalue weighted by molar-refractivity contribution is 0.313. The van der Waals surface area contributed by atoms with Gasteiger partial charge in [0.25, 0.3) is 0 Å². The number of benzene rings is 2. The smallest absolute Gasteiger partial charge is 0.155 e. The molecule has 4 heterocycles. The first-order chi connectivity index (χ1) is 16.6. The van der Waals surface area contributed by atoms with E-state index in [0.29, 0.717) is 0 Å². The molecule has 0 radical (unpaired) electrons. The number of nitrogen functional groups attached to an aromatic ring is 1. The van der Waals surface area contributed by atoms with Crippen molar-refractivity contribution in [3.8, 4) is 22.9 Å². The van der Waals surface area contributed by atoms with Crippen molar-refractivity contribution in [2.45, 2.75) is 19.9 Å². The fourth-order valence-corrected chi connectivity index (χ4v) is 4.83. The largest absolute Gasteiger partial charge is 0.397 e. The first-order valence-corrected chi connectivity index (χ1v) is 12.0. The van der Waals surface area contributed by atoms with Gasteiger partial charge in [-0.25, -0.2) is 9.97 Å². The van der Waals surface area contributed by atoms with Crippen LogP contribution in [0.15, 0.2) is 48.7 Å². The summed E-state index contributed by atoms with van der Waals surface area (Å²) < 4.78 is 2.16. The van der Waals surface area contributed by atoms with E-state index in [1.807, 2.05) is 18.3 Å². The number of H-pyrrole nitrogens is 2. The van der Waals surface area contributed by atoms with Gasteiger partial charge in [0, 0.05) is 50.2 Å². The van der Waals surface area contributed by atoms with Gasteiger partial charge in [-0.15, -0.1) is 0 Å². The number of hydrogen-bond acceptors (Lipinski definition) is 5. The molecule has 1 aliphatic rings. The first kappa shape index (κ1) is 20.8. The zero-order valence-electron chi connectivity index (χ0n) is 19.7. The molecule has 8 heteroatoms. The maximum absolute atomic E-state index is 6.06. The standard InChI is InChI=1S/C26H30N8/c1-3-8-34-16-18(27)14-24(34)26-29-20-6-4-17(13-22(20)31-26)25-28-21-7-5-19(15-23(21)30-25)33-11-9-32(2)10-12-33/h4-7,13-16H,3,8-12,27H2,1-2H3,(H,28,30)(H,29,31). The molecule has 0 aliphatic carbocycles. The quantitative estimate of drug-likeness (QED) is 0.368. The minimum Gasteiger partial charge on any atom is -0.397 e. The topological polar surface area (TPSA) is 94.8 Å². The third kappa shape index (κ3) is 3.70. The van der Waals surface area contributed by atoms with E-state index in [1.54, 1.807) is 0 Å². The van der Waals surface area contributed by atoms with Crippen LogP contribution in [0.3, 0.4) is 0 Å². The Hall–Kier alpha value is -3.78. The molecule has 8 nitrogen and oxygen atoms in total. The third-order valence-corrected chi connectivity index (χ3v) is 6.71. The molecule has 3 aromatic heterocycles. The normalized spacial score (nSPS) is 15.1. The van der Waals surface area contributed by atoms with Crippen molar-refractivity contribution in [3.05, 3.63) is 48.7 Å². The average molecular weight is 455 g/mol. The number of rotatable bonds is 5. The molecular weight excluding hydrogens is 424 g/mol. The Balaban J connectivity index is 1.32. The summed E-state index contributed by atoms with van der Waals surface area (Å²) in [4.78, 5) is 21.5. The van der Waals surface area contributed by atoms with Crippen molar-refractivity contribution in [2.75, 3.05) is 43.9 Å². The van der Waals surface area contributed by atoms with Crippen LogP contribution < -0.4 is 10.6 Å². The molecule has 1 aliphatic heterocycles. The van der Waals surface area contributed by atoms with E-state index in [2.05, 4.69) is 68.6 Å². The Morgan fingerprint density at radius 3 is 2.38 bits per heavy atom. The Morgan fingerprint density at radius 1 is 0.882 bits per heavy atom. The van der Waals surface area contributed by atoms with E-state index in [4.69, 9.17) is 15.7 Å². The predicted molar refractivity (Wildman–Crippen MR) is 139 cm³/mol. The number of aromatic nitrogens is 5. The second-order valence-electron chi connectivity index (χ2n) is 9.25. The molecule has 0 spiro atoms. The van der Waals surface area contributed by atoms with E-state index in [1.165, 1.54) is 5.69 Å². The van der Waals surface area contributed by atoms with Crippen LogP contribution in [0, 0.1) is 0 Å². The van der Waals surface area contributed by atoms with Gasteiger partial charge >= 0.3 is 0 Å².